The maximum absolute atomic E-state index is 13.5. The SMILES string of the molecule is Cc1ccc(S(=O)(=O)N(CC(=O)NC(C)c2ccc3c(c2)CCC3)c2cccc(C)c2)cc1. The van der Waals surface area contributed by atoms with E-state index in [0.29, 0.717) is 5.69 Å². The minimum atomic E-state index is -3.92. The third kappa shape index (κ3) is 5.11. The Kier molecular flexibility index (Phi) is 6.56. The molecular weight excluding hydrogens is 432 g/mol. The van der Waals surface area contributed by atoms with E-state index in [2.05, 4.69) is 23.5 Å². The van der Waals surface area contributed by atoms with Crippen molar-refractivity contribution in [1.82, 2.24) is 5.32 Å². The van der Waals surface area contributed by atoms with E-state index in [4.69, 9.17) is 0 Å². The quantitative estimate of drug-likeness (QED) is 0.545. The Labute approximate surface area is 196 Å². The summed E-state index contributed by atoms with van der Waals surface area (Å²) in [6.07, 6.45) is 3.35. The van der Waals surface area contributed by atoms with Crippen molar-refractivity contribution in [1.29, 1.82) is 0 Å². The van der Waals surface area contributed by atoms with Crippen LogP contribution in [0.5, 0.6) is 0 Å². The molecule has 4 rings (SSSR count). The van der Waals surface area contributed by atoms with Gasteiger partial charge in [-0.2, -0.15) is 0 Å². The van der Waals surface area contributed by atoms with Gasteiger partial charge in [-0.1, -0.05) is 48.0 Å². The summed E-state index contributed by atoms with van der Waals surface area (Å²) in [6, 6.07) is 20.0. The maximum atomic E-state index is 13.5. The Bertz CT molecular complexity index is 1270. The standard InChI is InChI=1S/C27H30N2O3S/c1-19-10-14-26(15-11-19)33(31,32)29(25-9-4-6-20(2)16-25)18-27(30)28-21(3)23-13-12-22-7-5-8-24(22)17-23/h4,6,9-17,21H,5,7-8,18H2,1-3H3,(H,28,30). The molecule has 0 fully saturated rings. The normalized spacial score (nSPS) is 13.9. The number of aryl methyl sites for hydroxylation is 4. The van der Waals surface area contributed by atoms with Crippen LogP contribution in [0.25, 0.3) is 0 Å². The van der Waals surface area contributed by atoms with Crippen molar-refractivity contribution in [2.24, 2.45) is 0 Å². The smallest absolute Gasteiger partial charge is 0.264 e. The Morgan fingerprint density at radius 1 is 0.939 bits per heavy atom. The van der Waals surface area contributed by atoms with Crippen molar-refractivity contribution in [3.63, 3.8) is 0 Å². The molecule has 0 spiro atoms. The van der Waals surface area contributed by atoms with Gasteiger partial charge in [0.15, 0.2) is 0 Å². The van der Waals surface area contributed by atoms with Gasteiger partial charge < -0.3 is 5.32 Å². The molecule has 0 radical (unpaired) electrons. The lowest BCUT2D eigenvalue weighted by molar-refractivity contribution is -0.120. The number of sulfonamides is 1. The zero-order valence-corrected chi connectivity index (χ0v) is 20.2. The molecule has 3 aromatic carbocycles. The van der Waals surface area contributed by atoms with Gasteiger partial charge in [0.05, 0.1) is 16.6 Å². The van der Waals surface area contributed by atoms with Crippen LogP contribution in [-0.4, -0.2) is 20.9 Å². The van der Waals surface area contributed by atoms with Gasteiger partial charge in [-0.3, -0.25) is 9.10 Å². The van der Waals surface area contributed by atoms with Gasteiger partial charge in [-0.05, 0) is 86.6 Å². The average Bonchev–Trinajstić information content (AvgIpc) is 3.25. The molecule has 1 amide bonds. The van der Waals surface area contributed by atoms with E-state index in [1.807, 2.05) is 26.8 Å². The number of hydrogen-bond acceptors (Lipinski definition) is 3. The minimum absolute atomic E-state index is 0.161. The van der Waals surface area contributed by atoms with Crippen LogP contribution in [-0.2, 0) is 27.7 Å². The minimum Gasteiger partial charge on any atom is -0.348 e. The van der Waals surface area contributed by atoms with Crippen molar-refractivity contribution < 1.29 is 13.2 Å². The lowest BCUT2D eigenvalue weighted by Crippen LogP contribution is -2.41. The number of nitrogens with zero attached hydrogens (tertiary/aromatic N) is 1. The molecule has 0 aromatic heterocycles. The van der Waals surface area contributed by atoms with Gasteiger partial charge in [0.2, 0.25) is 5.91 Å². The molecule has 0 saturated carbocycles. The Hall–Kier alpha value is -3.12. The fraction of sp³-hybridized carbons (Fsp3) is 0.296. The zero-order chi connectivity index (χ0) is 23.6. The summed E-state index contributed by atoms with van der Waals surface area (Å²) in [5, 5.41) is 2.99. The average molecular weight is 463 g/mol. The number of fused-ring (bicyclic) bond motifs is 1. The summed E-state index contributed by atoms with van der Waals surface area (Å²) in [6.45, 7) is 5.44. The first kappa shape index (κ1) is 23.1. The Balaban J connectivity index is 1.58. The number of carbonyl (C=O) groups excluding carboxylic acids is 1. The predicted molar refractivity (Wildman–Crippen MR) is 132 cm³/mol. The fourth-order valence-corrected chi connectivity index (χ4v) is 5.71. The van der Waals surface area contributed by atoms with E-state index in [0.717, 1.165) is 29.5 Å². The van der Waals surface area contributed by atoms with Crippen LogP contribution in [0.3, 0.4) is 0 Å². The van der Waals surface area contributed by atoms with Crippen LogP contribution in [0.1, 0.15) is 47.2 Å². The second-order valence-electron chi connectivity index (χ2n) is 8.83. The second-order valence-corrected chi connectivity index (χ2v) is 10.7. The highest BCUT2D eigenvalue weighted by molar-refractivity contribution is 7.92. The van der Waals surface area contributed by atoms with Gasteiger partial charge in [0, 0.05) is 0 Å². The number of benzene rings is 3. The van der Waals surface area contributed by atoms with Gasteiger partial charge in [0.25, 0.3) is 10.0 Å². The molecule has 6 heteroatoms. The molecular formula is C27H30N2O3S. The molecule has 1 atom stereocenters. The van der Waals surface area contributed by atoms with E-state index in [1.54, 1.807) is 42.5 Å². The lowest BCUT2D eigenvalue weighted by Gasteiger charge is -2.25. The molecule has 5 nitrogen and oxygen atoms in total. The van der Waals surface area contributed by atoms with Crippen LogP contribution in [0.4, 0.5) is 5.69 Å². The number of amides is 1. The topological polar surface area (TPSA) is 66.5 Å². The molecule has 0 bridgehead atoms. The van der Waals surface area contributed by atoms with E-state index in [9.17, 15) is 13.2 Å². The van der Waals surface area contributed by atoms with Gasteiger partial charge in [0.1, 0.15) is 6.54 Å². The van der Waals surface area contributed by atoms with Crippen LogP contribution in [0.2, 0.25) is 0 Å². The Morgan fingerprint density at radius 3 is 2.39 bits per heavy atom. The molecule has 1 aliphatic rings. The zero-order valence-electron chi connectivity index (χ0n) is 19.3. The highest BCUT2D eigenvalue weighted by Crippen LogP contribution is 2.27. The molecule has 1 aliphatic carbocycles. The van der Waals surface area contributed by atoms with Crippen molar-refractivity contribution in [2.75, 3.05) is 10.8 Å². The van der Waals surface area contributed by atoms with E-state index >= 15 is 0 Å². The van der Waals surface area contributed by atoms with Gasteiger partial charge in [-0.15, -0.1) is 0 Å². The number of rotatable bonds is 7. The van der Waals surface area contributed by atoms with Crippen LogP contribution in [0.15, 0.2) is 71.6 Å². The summed E-state index contributed by atoms with van der Waals surface area (Å²) < 4.78 is 28.2. The number of carbonyl (C=O) groups is 1. The van der Waals surface area contributed by atoms with Crippen LogP contribution >= 0.6 is 0 Å². The van der Waals surface area contributed by atoms with E-state index in [-0.39, 0.29) is 23.4 Å². The van der Waals surface area contributed by atoms with Gasteiger partial charge in [-0.25, -0.2) is 8.42 Å². The number of hydrogen-bond donors (Lipinski definition) is 1. The molecule has 1 unspecified atom stereocenters. The first-order valence-electron chi connectivity index (χ1n) is 11.3. The van der Waals surface area contributed by atoms with Crippen molar-refractivity contribution in [2.45, 2.75) is 51.0 Å². The lowest BCUT2D eigenvalue weighted by atomic mass is 10.0. The van der Waals surface area contributed by atoms with Crippen LogP contribution < -0.4 is 9.62 Å². The second kappa shape index (κ2) is 9.40. The summed E-state index contributed by atoms with van der Waals surface area (Å²) >= 11 is 0. The molecule has 0 aliphatic heterocycles. The molecule has 0 saturated heterocycles. The monoisotopic (exact) mass is 462 g/mol. The summed E-state index contributed by atoms with van der Waals surface area (Å²) in [7, 11) is -3.92. The first-order chi connectivity index (χ1) is 15.7. The van der Waals surface area contributed by atoms with Gasteiger partial charge >= 0.3 is 0 Å². The van der Waals surface area contributed by atoms with Crippen molar-refractivity contribution in [3.05, 3.63) is 94.5 Å². The molecule has 3 aromatic rings. The highest BCUT2D eigenvalue weighted by atomic mass is 32.2. The largest absolute Gasteiger partial charge is 0.348 e. The Morgan fingerprint density at radius 2 is 1.67 bits per heavy atom. The maximum Gasteiger partial charge on any atom is 0.264 e. The molecule has 1 N–H and O–H groups in total. The summed E-state index contributed by atoms with van der Waals surface area (Å²) in [5.74, 6) is -0.347. The molecule has 172 valence electrons. The van der Waals surface area contributed by atoms with E-state index in [1.165, 1.54) is 21.9 Å². The van der Waals surface area contributed by atoms with Crippen LogP contribution in [0, 0.1) is 13.8 Å². The summed E-state index contributed by atoms with van der Waals surface area (Å²) in [5.41, 5.74) is 6.12. The first-order valence-corrected chi connectivity index (χ1v) is 12.8. The summed E-state index contributed by atoms with van der Waals surface area (Å²) in [4.78, 5) is 13.2. The van der Waals surface area contributed by atoms with Crippen molar-refractivity contribution in [3.8, 4) is 0 Å². The molecule has 0 heterocycles. The van der Waals surface area contributed by atoms with E-state index < -0.39 is 10.0 Å². The third-order valence-corrected chi connectivity index (χ3v) is 7.97. The van der Waals surface area contributed by atoms with Crippen molar-refractivity contribution >= 4 is 21.6 Å². The predicted octanol–water partition coefficient (Wildman–Crippen LogP) is 4.86. The fourth-order valence-electron chi connectivity index (χ4n) is 4.30. The third-order valence-electron chi connectivity index (χ3n) is 6.19. The number of anilines is 1. The number of nitrogens with one attached hydrogen (secondary N) is 1. The molecule has 33 heavy (non-hydrogen) atoms. The highest BCUT2D eigenvalue weighted by Gasteiger charge is 2.28.